The van der Waals surface area contributed by atoms with Gasteiger partial charge in [-0.3, -0.25) is 4.79 Å². The maximum atomic E-state index is 12.2. The lowest BCUT2D eigenvalue weighted by atomic mass is 10.0. The number of nitrogens with zero attached hydrogens (tertiary/aromatic N) is 2. The van der Waals surface area contributed by atoms with Gasteiger partial charge in [0.05, 0.1) is 12.6 Å². The fraction of sp³-hybridized carbons (Fsp3) is 0.423. The van der Waals surface area contributed by atoms with Gasteiger partial charge in [0, 0.05) is 48.3 Å². The van der Waals surface area contributed by atoms with Crippen molar-refractivity contribution in [2.75, 3.05) is 26.7 Å². The number of Topliss-reactive ketones (excluding diaryl/α,β-unsaturated/α-hetero) is 1. The first-order chi connectivity index (χ1) is 15.4. The van der Waals surface area contributed by atoms with Crippen LogP contribution in [0.3, 0.4) is 0 Å². The van der Waals surface area contributed by atoms with Crippen molar-refractivity contribution in [3.8, 4) is 11.5 Å². The number of ketones is 1. The minimum Gasteiger partial charge on any atom is -0.495 e. The Labute approximate surface area is 194 Å². The molecule has 2 aromatic carbocycles. The van der Waals surface area contributed by atoms with Crippen LogP contribution in [0.1, 0.15) is 37.0 Å². The van der Waals surface area contributed by atoms with E-state index in [0.717, 1.165) is 67.0 Å². The normalized spacial score (nSPS) is 16.2. The van der Waals surface area contributed by atoms with E-state index in [0.29, 0.717) is 10.9 Å². The number of carbonyl (C=O) groups is 1. The molecular formula is C26H31ClN2O3. The van der Waals surface area contributed by atoms with Crippen LogP contribution in [0.5, 0.6) is 11.5 Å². The van der Waals surface area contributed by atoms with E-state index in [2.05, 4.69) is 16.4 Å². The predicted molar refractivity (Wildman–Crippen MR) is 129 cm³/mol. The summed E-state index contributed by atoms with van der Waals surface area (Å²) in [4.78, 5) is 14.7. The van der Waals surface area contributed by atoms with Crippen molar-refractivity contribution in [2.24, 2.45) is 5.92 Å². The Balaban J connectivity index is 1.37. The lowest BCUT2D eigenvalue weighted by Crippen LogP contribution is -2.40. The maximum absolute atomic E-state index is 12.2. The number of fused-ring (bicyclic) bond motifs is 1. The van der Waals surface area contributed by atoms with Gasteiger partial charge in [-0.05, 0) is 49.9 Å². The topological polar surface area (TPSA) is 43.7 Å². The van der Waals surface area contributed by atoms with E-state index in [9.17, 15) is 4.79 Å². The standard InChI is InChI=1S/C26H31ClN2O3/c1-18(15-28-12-10-21(11-13-28)32-22-7-4-6-20(27)14-22)16-29-17-24(19(2)30)23-8-5-9-25(31-3)26(23)29/h4-9,14,17-18,21H,10-13,15-16H2,1-3H3. The molecule has 0 amide bonds. The fourth-order valence-electron chi connectivity index (χ4n) is 4.69. The van der Waals surface area contributed by atoms with Gasteiger partial charge in [-0.15, -0.1) is 0 Å². The molecule has 170 valence electrons. The molecule has 5 nitrogen and oxygen atoms in total. The molecule has 1 saturated heterocycles. The van der Waals surface area contributed by atoms with Crippen molar-refractivity contribution in [3.63, 3.8) is 0 Å². The van der Waals surface area contributed by atoms with E-state index in [1.54, 1.807) is 14.0 Å². The van der Waals surface area contributed by atoms with Crippen molar-refractivity contribution < 1.29 is 14.3 Å². The van der Waals surface area contributed by atoms with Crippen LogP contribution in [0.4, 0.5) is 0 Å². The highest BCUT2D eigenvalue weighted by Gasteiger charge is 2.23. The summed E-state index contributed by atoms with van der Waals surface area (Å²) < 4.78 is 13.9. The van der Waals surface area contributed by atoms with Gasteiger partial charge in [0.25, 0.3) is 0 Å². The molecular weight excluding hydrogens is 424 g/mol. The van der Waals surface area contributed by atoms with E-state index >= 15 is 0 Å². The molecule has 0 bridgehead atoms. The molecule has 1 atom stereocenters. The number of piperidine rings is 1. The van der Waals surface area contributed by atoms with Gasteiger partial charge in [0.1, 0.15) is 17.6 Å². The molecule has 0 N–H and O–H groups in total. The number of ether oxygens (including phenoxy) is 2. The van der Waals surface area contributed by atoms with Crippen LogP contribution in [0, 0.1) is 5.92 Å². The summed E-state index contributed by atoms with van der Waals surface area (Å²) in [6.45, 7) is 7.77. The zero-order valence-electron chi connectivity index (χ0n) is 19.0. The molecule has 0 radical (unpaired) electrons. The van der Waals surface area contributed by atoms with Crippen molar-refractivity contribution in [1.82, 2.24) is 9.47 Å². The minimum atomic E-state index is 0.0800. The molecule has 6 heteroatoms. The Morgan fingerprint density at radius 3 is 2.59 bits per heavy atom. The van der Waals surface area contributed by atoms with Gasteiger partial charge >= 0.3 is 0 Å². The molecule has 0 aliphatic carbocycles. The van der Waals surface area contributed by atoms with Gasteiger partial charge < -0.3 is 18.9 Å². The maximum Gasteiger partial charge on any atom is 0.161 e. The van der Waals surface area contributed by atoms with Gasteiger partial charge in [-0.1, -0.05) is 36.7 Å². The molecule has 1 aliphatic rings. The van der Waals surface area contributed by atoms with Crippen LogP contribution < -0.4 is 9.47 Å². The monoisotopic (exact) mass is 454 g/mol. The van der Waals surface area contributed by atoms with Crippen LogP contribution in [0.2, 0.25) is 5.02 Å². The summed E-state index contributed by atoms with van der Waals surface area (Å²) in [6.07, 6.45) is 4.23. The summed E-state index contributed by atoms with van der Waals surface area (Å²) >= 11 is 6.07. The largest absolute Gasteiger partial charge is 0.495 e. The molecule has 1 aromatic heterocycles. The van der Waals surface area contributed by atoms with Crippen LogP contribution in [0.25, 0.3) is 10.9 Å². The second-order valence-electron chi connectivity index (χ2n) is 8.79. The van der Waals surface area contributed by atoms with Gasteiger partial charge in [0.15, 0.2) is 5.78 Å². The molecule has 0 spiro atoms. The molecule has 1 fully saturated rings. The highest BCUT2D eigenvalue weighted by Crippen LogP contribution is 2.31. The number of carbonyl (C=O) groups excluding carboxylic acids is 1. The zero-order chi connectivity index (χ0) is 22.7. The quantitative estimate of drug-likeness (QED) is 0.410. The highest BCUT2D eigenvalue weighted by molar-refractivity contribution is 6.30. The van der Waals surface area contributed by atoms with E-state index < -0.39 is 0 Å². The first-order valence-electron chi connectivity index (χ1n) is 11.3. The van der Waals surface area contributed by atoms with Crippen LogP contribution in [-0.4, -0.2) is 48.1 Å². The van der Waals surface area contributed by atoms with Crippen LogP contribution in [0.15, 0.2) is 48.7 Å². The van der Waals surface area contributed by atoms with E-state index in [1.807, 2.05) is 48.7 Å². The lowest BCUT2D eigenvalue weighted by molar-refractivity contribution is 0.0911. The lowest BCUT2D eigenvalue weighted by Gasteiger charge is -2.33. The minimum absolute atomic E-state index is 0.0800. The van der Waals surface area contributed by atoms with Gasteiger partial charge in [0.2, 0.25) is 0 Å². The molecule has 32 heavy (non-hydrogen) atoms. The van der Waals surface area contributed by atoms with E-state index in [4.69, 9.17) is 21.1 Å². The average Bonchev–Trinajstić information content (AvgIpc) is 3.14. The smallest absolute Gasteiger partial charge is 0.161 e. The van der Waals surface area contributed by atoms with Crippen molar-refractivity contribution in [1.29, 1.82) is 0 Å². The molecule has 3 aromatic rings. The number of benzene rings is 2. The molecule has 2 heterocycles. The molecule has 1 aliphatic heterocycles. The van der Waals surface area contributed by atoms with Crippen LogP contribution >= 0.6 is 11.6 Å². The molecule has 4 rings (SSSR count). The summed E-state index contributed by atoms with van der Waals surface area (Å²) in [7, 11) is 1.68. The second-order valence-corrected chi connectivity index (χ2v) is 9.22. The Hall–Kier alpha value is -2.50. The van der Waals surface area contributed by atoms with E-state index in [1.165, 1.54) is 0 Å². The third kappa shape index (κ3) is 5.11. The number of likely N-dealkylation sites (tertiary alicyclic amines) is 1. The Morgan fingerprint density at radius 2 is 1.91 bits per heavy atom. The Morgan fingerprint density at radius 1 is 1.16 bits per heavy atom. The second kappa shape index (κ2) is 9.97. The predicted octanol–water partition coefficient (Wildman–Crippen LogP) is 5.69. The van der Waals surface area contributed by atoms with Crippen LogP contribution in [-0.2, 0) is 6.54 Å². The molecule has 0 saturated carbocycles. The van der Waals surface area contributed by atoms with Crippen molar-refractivity contribution in [2.45, 2.75) is 39.3 Å². The van der Waals surface area contributed by atoms with Crippen molar-refractivity contribution in [3.05, 3.63) is 59.2 Å². The zero-order valence-corrected chi connectivity index (χ0v) is 19.8. The number of halogens is 1. The molecule has 1 unspecified atom stereocenters. The summed E-state index contributed by atoms with van der Waals surface area (Å²) in [5.41, 5.74) is 1.76. The Bertz CT molecular complexity index is 1090. The number of methoxy groups -OCH3 is 1. The van der Waals surface area contributed by atoms with Gasteiger partial charge in [-0.2, -0.15) is 0 Å². The van der Waals surface area contributed by atoms with Gasteiger partial charge in [-0.25, -0.2) is 0 Å². The number of rotatable bonds is 8. The fourth-order valence-corrected chi connectivity index (χ4v) is 4.87. The SMILES string of the molecule is COc1cccc2c(C(C)=O)cn(CC(C)CN3CCC(Oc4cccc(Cl)c4)CC3)c12. The third-order valence-electron chi connectivity index (χ3n) is 6.17. The number of para-hydroxylation sites is 1. The van der Waals surface area contributed by atoms with Crippen molar-refractivity contribution >= 4 is 28.3 Å². The number of hydrogen-bond donors (Lipinski definition) is 0. The van der Waals surface area contributed by atoms with E-state index in [-0.39, 0.29) is 11.9 Å². The summed E-state index contributed by atoms with van der Waals surface area (Å²) in [6, 6.07) is 13.5. The Kier molecular flexibility index (Phi) is 7.07. The average molecular weight is 455 g/mol. The summed E-state index contributed by atoms with van der Waals surface area (Å²) in [5, 5.41) is 1.67. The number of hydrogen-bond acceptors (Lipinski definition) is 4. The first-order valence-corrected chi connectivity index (χ1v) is 11.6. The highest BCUT2D eigenvalue weighted by atomic mass is 35.5. The first kappa shape index (κ1) is 22.7. The summed E-state index contributed by atoms with van der Waals surface area (Å²) in [5.74, 6) is 2.16. The number of aromatic nitrogens is 1. The third-order valence-corrected chi connectivity index (χ3v) is 6.41.